The molecule has 0 aliphatic carbocycles. The molecule has 1 aliphatic rings. The van der Waals surface area contributed by atoms with E-state index in [0.29, 0.717) is 29.2 Å². The van der Waals surface area contributed by atoms with Crippen LogP contribution >= 0.6 is 15.9 Å². The Hall–Kier alpha value is -3.12. The summed E-state index contributed by atoms with van der Waals surface area (Å²) in [4.78, 5) is 27.2. The summed E-state index contributed by atoms with van der Waals surface area (Å²) in [5.74, 6) is 0.532. The fraction of sp³-hybridized carbons (Fsp3) is 0.259. The number of anilines is 1. The average molecular weight is 507 g/mol. The molecule has 3 aromatic carbocycles. The lowest BCUT2D eigenvalue weighted by Gasteiger charge is -2.26. The number of nitrogens with one attached hydrogen (secondary N) is 1. The van der Waals surface area contributed by atoms with Gasteiger partial charge in [0.2, 0.25) is 0 Å². The van der Waals surface area contributed by atoms with Gasteiger partial charge in [-0.05, 0) is 83.2 Å². The number of rotatable bonds is 7. The van der Waals surface area contributed by atoms with Crippen LogP contribution in [0.1, 0.15) is 45.5 Å². The maximum Gasteiger partial charge on any atom is 0.255 e. The van der Waals surface area contributed by atoms with Gasteiger partial charge in [-0.2, -0.15) is 0 Å². The molecule has 0 atom stereocenters. The highest BCUT2D eigenvalue weighted by Gasteiger charge is 2.18. The van der Waals surface area contributed by atoms with Crippen LogP contribution < -0.4 is 10.1 Å². The maximum atomic E-state index is 12.7. The third-order valence-corrected chi connectivity index (χ3v) is 6.34. The van der Waals surface area contributed by atoms with Gasteiger partial charge in [-0.25, -0.2) is 0 Å². The topological polar surface area (TPSA) is 58.6 Å². The van der Waals surface area contributed by atoms with Gasteiger partial charge in [-0.1, -0.05) is 30.3 Å². The Morgan fingerprint density at radius 2 is 1.58 bits per heavy atom. The van der Waals surface area contributed by atoms with Crippen LogP contribution in [-0.4, -0.2) is 36.4 Å². The third kappa shape index (κ3) is 6.23. The highest BCUT2D eigenvalue weighted by atomic mass is 79.9. The molecule has 1 aliphatic heterocycles. The molecule has 0 unspecified atom stereocenters. The van der Waals surface area contributed by atoms with Crippen LogP contribution in [0.3, 0.4) is 0 Å². The summed E-state index contributed by atoms with van der Waals surface area (Å²) >= 11 is 3.50. The molecule has 170 valence electrons. The van der Waals surface area contributed by atoms with Crippen LogP contribution in [0.5, 0.6) is 5.75 Å². The Morgan fingerprint density at radius 3 is 2.27 bits per heavy atom. The number of carbonyl (C=O) groups excluding carboxylic acids is 2. The first kappa shape index (κ1) is 23.1. The predicted octanol–water partition coefficient (Wildman–Crippen LogP) is 5.95. The summed E-state index contributed by atoms with van der Waals surface area (Å²) in [5.41, 5.74) is 3.03. The Bertz CT molecular complexity index is 1090. The van der Waals surface area contributed by atoms with Crippen LogP contribution in [0.25, 0.3) is 0 Å². The summed E-state index contributed by atoms with van der Waals surface area (Å²) in [6.07, 6.45) is 4.12. The van der Waals surface area contributed by atoms with Crippen molar-refractivity contribution < 1.29 is 14.3 Å². The first-order valence-electron chi connectivity index (χ1n) is 11.3. The molecule has 0 radical (unpaired) electrons. The molecule has 1 saturated heterocycles. The van der Waals surface area contributed by atoms with Gasteiger partial charge in [0.05, 0.1) is 11.1 Å². The van der Waals surface area contributed by atoms with Crippen LogP contribution in [0, 0.1) is 0 Å². The van der Waals surface area contributed by atoms with Crippen molar-refractivity contribution in [3.05, 3.63) is 94.0 Å². The van der Waals surface area contributed by atoms with Crippen molar-refractivity contribution in [1.29, 1.82) is 0 Å². The molecule has 0 bridgehead atoms. The average Bonchev–Trinajstić information content (AvgIpc) is 2.86. The number of halogens is 1. The number of hydrogen-bond acceptors (Lipinski definition) is 3. The van der Waals surface area contributed by atoms with E-state index >= 15 is 0 Å². The summed E-state index contributed by atoms with van der Waals surface area (Å²) in [7, 11) is 0. The second-order valence-electron chi connectivity index (χ2n) is 8.11. The van der Waals surface area contributed by atoms with E-state index in [9.17, 15) is 9.59 Å². The van der Waals surface area contributed by atoms with Crippen LogP contribution in [0.2, 0.25) is 0 Å². The lowest BCUT2D eigenvalue weighted by molar-refractivity contribution is 0.0724. The van der Waals surface area contributed by atoms with Crippen molar-refractivity contribution in [3.8, 4) is 5.75 Å². The predicted molar refractivity (Wildman–Crippen MR) is 134 cm³/mol. The van der Waals surface area contributed by atoms with Gasteiger partial charge in [0.15, 0.2) is 0 Å². The van der Waals surface area contributed by atoms with Gasteiger partial charge in [0.1, 0.15) is 5.75 Å². The van der Waals surface area contributed by atoms with Gasteiger partial charge in [0.25, 0.3) is 11.8 Å². The fourth-order valence-electron chi connectivity index (χ4n) is 3.86. The van der Waals surface area contributed by atoms with Crippen LogP contribution in [-0.2, 0) is 6.42 Å². The molecule has 4 rings (SSSR count). The summed E-state index contributed by atoms with van der Waals surface area (Å²) in [6, 6.07) is 22.5. The number of hydrogen-bond donors (Lipinski definition) is 1. The molecule has 33 heavy (non-hydrogen) atoms. The zero-order chi connectivity index (χ0) is 23.0. The quantitative estimate of drug-likeness (QED) is 0.430. The molecule has 6 heteroatoms. The monoisotopic (exact) mass is 506 g/mol. The molecule has 0 aromatic heterocycles. The molecule has 0 spiro atoms. The van der Waals surface area contributed by atoms with Crippen molar-refractivity contribution in [2.75, 3.05) is 25.0 Å². The van der Waals surface area contributed by atoms with Gasteiger partial charge in [-0.3, -0.25) is 9.59 Å². The normalized spacial score (nSPS) is 13.4. The maximum absolute atomic E-state index is 12.7. The zero-order valence-corrected chi connectivity index (χ0v) is 20.0. The van der Waals surface area contributed by atoms with Crippen molar-refractivity contribution in [1.82, 2.24) is 4.90 Å². The Kier molecular flexibility index (Phi) is 7.79. The molecule has 5 nitrogen and oxygen atoms in total. The first-order valence-corrected chi connectivity index (χ1v) is 12.1. The van der Waals surface area contributed by atoms with E-state index in [4.69, 9.17) is 4.74 Å². The zero-order valence-electron chi connectivity index (χ0n) is 18.4. The molecule has 1 heterocycles. The smallest absolute Gasteiger partial charge is 0.255 e. The van der Waals surface area contributed by atoms with Crippen LogP contribution in [0.4, 0.5) is 5.69 Å². The largest absolute Gasteiger partial charge is 0.492 e. The second-order valence-corrected chi connectivity index (χ2v) is 8.97. The highest BCUT2D eigenvalue weighted by Crippen LogP contribution is 2.27. The van der Waals surface area contributed by atoms with E-state index in [-0.39, 0.29) is 11.8 Å². The minimum atomic E-state index is -0.221. The fourth-order valence-corrected chi connectivity index (χ4v) is 4.35. The van der Waals surface area contributed by atoms with Crippen molar-refractivity contribution in [3.63, 3.8) is 0 Å². The van der Waals surface area contributed by atoms with Crippen molar-refractivity contribution in [2.24, 2.45) is 0 Å². The third-order valence-electron chi connectivity index (χ3n) is 5.72. The van der Waals surface area contributed by atoms with E-state index in [1.54, 1.807) is 42.5 Å². The molecule has 3 aromatic rings. The summed E-state index contributed by atoms with van der Waals surface area (Å²) in [6.45, 7) is 2.19. The van der Waals surface area contributed by atoms with Gasteiger partial charge < -0.3 is 15.0 Å². The molecule has 0 saturated carbocycles. The molecule has 2 amide bonds. The van der Waals surface area contributed by atoms with Crippen molar-refractivity contribution in [2.45, 2.75) is 25.7 Å². The lowest BCUT2D eigenvalue weighted by Crippen LogP contribution is -2.35. The summed E-state index contributed by atoms with van der Waals surface area (Å²) in [5, 5.41) is 2.89. The number of piperidine rings is 1. The Balaban J connectivity index is 1.32. The van der Waals surface area contributed by atoms with E-state index in [1.807, 2.05) is 23.1 Å². The number of likely N-dealkylation sites (tertiary alicyclic amines) is 1. The molecule has 1 fully saturated rings. The first-order chi connectivity index (χ1) is 16.1. The second kappa shape index (κ2) is 11.1. The molecular weight excluding hydrogens is 480 g/mol. The van der Waals surface area contributed by atoms with E-state index in [2.05, 4.69) is 33.4 Å². The lowest BCUT2D eigenvalue weighted by atomic mass is 10.1. The Morgan fingerprint density at radius 1 is 0.879 bits per heavy atom. The molecular formula is C27H27BrN2O3. The minimum absolute atomic E-state index is 0.0550. The SMILES string of the molecule is O=C(Nc1ccc(C(=O)N2CCCCC2)cc1)c1ccc(OCCc2ccccc2)c(Br)c1. The van der Waals surface area contributed by atoms with Crippen LogP contribution in [0.15, 0.2) is 77.3 Å². The minimum Gasteiger partial charge on any atom is -0.492 e. The standard InChI is InChI=1S/C27H27BrN2O3/c28-24-19-22(11-14-25(24)33-18-15-20-7-3-1-4-8-20)26(31)29-23-12-9-21(10-13-23)27(32)30-16-5-2-6-17-30/h1,3-4,7-14,19H,2,5-6,15-18H2,(H,29,31). The van der Waals surface area contributed by atoms with E-state index in [1.165, 1.54) is 12.0 Å². The molecule has 1 N–H and O–H groups in total. The van der Waals surface area contributed by atoms with Gasteiger partial charge >= 0.3 is 0 Å². The number of nitrogens with zero attached hydrogens (tertiary/aromatic N) is 1. The Labute approximate surface area is 202 Å². The number of carbonyl (C=O) groups is 2. The van der Waals surface area contributed by atoms with Crippen molar-refractivity contribution >= 4 is 33.4 Å². The van der Waals surface area contributed by atoms with Gasteiger partial charge in [-0.15, -0.1) is 0 Å². The summed E-state index contributed by atoms with van der Waals surface area (Å²) < 4.78 is 6.59. The number of amides is 2. The van der Waals surface area contributed by atoms with E-state index in [0.717, 1.165) is 36.8 Å². The highest BCUT2D eigenvalue weighted by molar-refractivity contribution is 9.10. The van der Waals surface area contributed by atoms with E-state index < -0.39 is 0 Å². The van der Waals surface area contributed by atoms with Gasteiger partial charge in [0, 0.05) is 36.3 Å². The number of ether oxygens (including phenoxy) is 1. The number of benzene rings is 3.